The molecule has 2 N–H and O–H groups in total. The van der Waals surface area contributed by atoms with E-state index in [1.165, 1.54) is 6.92 Å². The summed E-state index contributed by atoms with van der Waals surface area (Å²) in [5.41, 5.74) is 2.13. The van der Waals surface area contributed by atoms with Gasteiger partial charge in [-0.1, -0.05) is 15.9 Å². The van der Waals surface area contributed by atoms with Crippen LogP contribution in [0.2, 0.25) is 0 Å². The summed E-state index contributed by atoms with van der Waals surface area (Å²) in [6, 6.07) is 6.15. The zero-order valence-corrected chi connectivity index (χ0v) is 14.0. The molecule has 1 aromatic carbocycles. The summed E-state index contributed by atoms with van der Waals surface area (Å²) in [5, 5.41) is 7.11. The largest absolute Gasteiger partial charge is 0.417 e. The molecule has 0 spiro atoms. The molecule has 0 saturated carbocycles. The third kappa shape index (κ3) is 2.81. The Labute approximate surface area is 136 Å². The molecule has 0 fully saturated rings. The molecular formula is C15H17BrN4O2. The first-order valence-electron chi connectivity index (χ1n) is 7.02. The zero-order valence-electron chi connectivity index (χ0n) is 12.4. The molecule has 0 saturated heterocycles. The second-order valence-corrected chi connectivity index (χ2v) is 6.07. The number of hydrogen-bond donors (Lipinski definition) is 2. The topological polar surface area (TPSA) is 67.6 Å². The fourth-order valence-corrected chi connectivity index (χ4v) is 3.05. The van der Waals surface area contributed by atoms with E-state index in [-0.39, 0.29) is 11.9 Å². The minimum absolute atomic E-state index is 0.0764. The van der Waals surface area contributed by atoms with Crippen molar-refractivity contribution < 1.29 is 9.63 Å². The molecule has 6 nitrogen and oxygen atoms in total. The molecule has 1 aliphatic rings. The number of fused-ring (bicyclic) bond motifs is 1. The second-order valence-electron chi connectivity index (χ2n) is 5.15. The van der Waals surface area contributed by atoms with Crippen LogP contribution in [0.5, 0.6) is 0 Å². The highest BCUT2D eigenvalue weighted by atomic mass is 79.9. The molecule has 0 bridgehead atoms. The van der Waals surface area contributed by atoms with Gasteiger partial charge in [0, 0.05) is 28.9 Å². The Hall–Kier alpha value is -2.02. The molecule has 2 heterocycles. The van der Waals surface area contributed by atoms with Crippen LogP contribution in [0.25, 0.3) is 10.9 Å². The molecule has 1 atom stereocenters. The van der Waals surface area contributed by atoms with E-state index in [1.807, 2.05) is 18.3 Å². The highest BCUT2D eigenvalue weighted by molar-refractivity contribution is 9.10. The maximum absolute atomic E-state index is 11.2. The van der Waals surface area contributed by atoms with Gasteiger partial charge in [-0.25, -0.2) is 0 Å². The number of nitrogens with one attached hydrogen (secondary N) is 2. The van der Waals surface area contributed by atoms with E-state index in [4.69, 9.17) is 4.84 Å². The average Bonchev–Trinajstić information content (AvgIpc) is 2.84. The number of halogens is 1. The number of nitrogens with zero attached hydrogens (tertiary/aromatic N) is 2. The normalized spacial score (nSPS) is 17.8. The van der Waals surface area contributed by atoms with Gasteiger partial charge in [0.05, 0.1) is 17.8 Å². The van der Waals surface area contributed by atoms with Crippen LogP contribution < -0.4 is 15.5 Å². The van der Waals surface area contributed by atoms with Gasteiger partial charge >= 0.3 is 0 Å². The number of aliphatic imine (C=N–C) groups is 1. The maximum Gasteiger partial charge on any atom is 0.223 e. The molecule has 1 amide bonds. The second kappa shape index (κ2) is 6.00. The number of guanidine groups is 1. The van der Waals surface area contributed by atoms with Crippen molar-refractivity contribution in [1.82, 2.24) is 15.4 Å². The summed E-state index contributed by atoms with van der Waals surface area (Å²) in [6.45, 7) is 2.14. The van der Waals surface area contributed by atoms with Crippen molar-refractivity contribution in [2.75, 3.05) is 13.7 Å². The predicted molar refractivity (Wildman–Crippen MR) is 88.8 cm³/mol. The lowest BCUT2D eigenvalue weighted by Crippen LogP contribution is -2.44. The van der Waals surface area contributed by atoms with Gasteiger partial charge in [0.1, 0.15) is 7.11 Å². The number of rotatable bonds is 2. The summed E-state index contributed by atoms with van der Waals surface area (Å²) < 4.78 is 2.77. The molecule has 1 aromatic heterocycles. The number of carbonyl (C=O) groups is 1. The van der Waals surface area contributed by atoms with Crippen LogP contribution in [0.1, 0.15) is 24.9 Å². The lowest BCUT2D eigenvalue weighted by atomic mass is 10.0. The van der Waals surface area contributed by atoms with Crippen LogP contribution >= 0.6 is 15.9 Å². The van der Waals surface area contributed by atoms with E-state index in [0.717, 1.165) is 27.4 Å². The highest BCUT2D eigenvalue weighted by Crippen LogP contribution is 2.31. The van der Waals surface area contributed by atoms with Gasteiger partial charge in [-0.2, -0.15) is 4.73 Å². The number of hydrogen-bond acceptors (Lipinski definition) is 4. The van der Waals surface area contributed by atoms with Gasteiger partial charge in [0.2, 0.25) is 5.91 Å². The molecule has 2 aromatic rings. The molecule has 7 heteroatoms. The molecule has 0 radical (unpaired) electrons. The number of amides is 1. The molecule has 0 aliphatic carbocycles. The fourth-order valence-electron chi connectivity index (χ4n) is 2.69. The van der Waals surface area contributed by atoms with E-state index in [2.05, 4.69) is 37.6 Å². The Morgan fingerprint density at radius 1 is 1.55 bits per heavy atom. The van der Waals surface area contributed by atoms with Crippen molar-refractivity contribution in [2.24, 2.45) is 4.99 Å². The maximum atomic E-state index is 11.2. The summed E-state index contributed by atoms with van der Waals surface area (Å²) in [4.78, 5) is 20.9. The van der Waals surface area contributed by atoms with Crippen LogP contribution in [0.4, 0.5) is 0 Å². The van der Waals surface area contributed by atoms with Gasteiger partial charge in [-0.3, -0.25) is 15.1 Å². The number of benzene rings is 1. The highest BCUT2D eigenvalue weighted by Gasteiger charge is 2.22. The van der Waals surface area contributed by atoms with Crippen molar-refractivity contribution in [3.05, 3.63) is 34.4 Å². The smallest absolute Gasteiger partial charge is 0.223 e. The Balaban J connectivity index is 1.98. The first-order chi connectivity index (χ1) is 10.6. The Bertz CT molecular complexity index is 753. The standard InChI is InChI=1S/C15H17BrN4O2/c1-9(21)18-15-17-6-5-13(19-15)12-8-20(22-2)14-4-3-10(16)7-11(12)14/h3-4,7-8,13H,5-6H2,1-2H3,(H2,17,18,19,21)/t13-/m0/s1. The van der Waals surface area contributed by atoms with Crippen LogP contribution in [0.15, 0.2) is 33.9 Å². The average molecular weight is 365 g/mol. The first kappa shape index (κ1) is 14.9. The van der Waals surface area contributed by atoms with Gasteiger partial charge in [0.25, 0.3) is 0 Å². The molecule has 1 aliphatic heterocycles. The monoisotopic (exact) mass is 364 g/mol. The molecular weight excluding hydrogens is 348 g/mol. The van der Waals surface area contributed by atoms with Gasteiger partial charge in [-0.15, -0.1) is 0 Å². The van der Waals surface area contributed by atoms with Crippen molar-refractivity contribution in [3.8, 4) is 0 Å². The van der Waals surface area contributed by atoms with Crippen LogP contribution in [0, 0.1) is 0 Å². The van der Waals surface area contributed by atoms with Gasteiger partial charge < -0.3 is 10.2 Å². The Morgan fingerprint density at radius 2 is 2.36 bits per heavy atom. The van der Waals surface area contributed by atoms with Crippen molar-refractivity contribution in [1.29, 1.82) is 0 Å². The van der Waals surface area contributed by atoms with Gasteiger partial charge in [-0.05, 0) is 24.6 Å². The van der Waals surface area contributed by atoms with Crippen molar-refractivity contribution in [3.63, 3.8) is 0 Å². The van der Waals surface area contributed by atoms with E-state index in [0.29, 0.717) is 12.5 Å². The molecule has 3 rings (SSSR count). The summed E-state index contributed by atoms with van der Waals surface area (Å²) in [5.74, 6) is 0.394. The Morgan fingerprint density at radius 3 is 3.09 bits per heavy atom. The van der Waals surface area contributed by atoms with E-state index in [9.17, 15) is 4.79 Å². The third-order valence-corrected chi connectivity index (χ3v) is 4.12. The molecule has 116 valence electrons. The summed E-state index contributed by atoms with van der Waals surface area (Å²) >= 11 is 3.52. The SMILES string of the molecule is COn1cc([C@@H]2CCN=C(NC(C)=O)N2)c2cc(Br)ccc21. The molecule has 0 unspecified atom stereocenters. The first-order valence-corrected chi connectivity index (χ1v) is 7.81. The quantitative estimate of drug-likeness (QED) is 0.856. The predicted octanol–water partition coefficient (Wildman–Crippen LogP) is 1.99. The van der Waals surface area contributed by atoms with E-state index < -0.39 is 0 Å². The lowest BCUT2D eigenvalue weighted by Gasteiger charge is -2.24. The van der Waals surface area contributed by atoms with Crippen LogP contribution in [-0.2, 0) is 4.79 Å². The lowest BCUT2D eigenvalue weighted by molar-refractivity contribution is -0.117. The van der Waals surface area contributed by atoms with Crippen molar-refractivity contribution in [2.45, 2.75) is 19.4 Å². The minimum Gasteiger partial charge on any atom is -0.417 e. The fraction of sp³-hybridized carbons (Fsp3) is 0.333. The minimum atomic E-state index is -0.131. The van der Waals surface area contributed by atoms with Gasteiger partial charge in [0.15, 0.2) is 5.96 Å². The third-order valence-electron chi connectivity index (χ3n) is 3.63. The zero-order chi connectivity index (χ0) is 15.7. The van der Waals surface area contributed by atoms with Crippen LogP contribution in [0.3, 0.4) is 0 Å². The summed E-state index contributed by atoms with van der Waals surface area (Å²) in [6.07, 6.45) is 2.84. The Kier molecular flexibility index (Phi) is 4.06. The number of aromatic nitrogens is 1. The summed E-state index contributed by atoms with van der Waals surface area (Å²) in [7, 11) is 1.64. The number of carbonyl (C=O) groups excluding carboxylic acids is 1. The van der Waals surface area contributed by atoms with E-state index >= 15 is 0 Å². The van der Waals surface area contributed by atoms with Crippen LogP contribution in [-0.4, -0.2) is 30.3 Å². The molecule has 22 heavy (non-hydrogen) atoms. The van der Waals surface area contributed by atoms with Crippen molar-refractivity contribution >= 4 is 38.7 Å². The van der Waals surface area contributed by atoms with E-state index in [1.54, 1.807) is 11.8 Å².